The number of rotatable bonds is 11. The summed E-state index contributed by atoms with van der Waals surface area (Å²) >= 11 is -1.10. The van der Waals surface area contributed by atoms with Gasteiger partial charge in [0.2, 0.25) is 0 Å². The van der Waals surface area contributed by atoms with Crippen molar-refractivity contribution in [1.29, 1.82) is 0 Å². The Bertz CT molecular complexity index is 1520. The van der Waals surface area contributed by atoms with E-state index in [1.807, 2.05) is 22.7 Å². The van der Waals surface area contributed by atoms with E-state index in [0.717, 1.165) is 12.8 Å². The Labute approximate surface area is 269 Å². The van der Waals surface area contributed by atoms with Crippen molar-refractivity contribution in [2.75, 3.05) is 0 Å². The molecule has 2 unspecified atom stereocenters. The fourth-order valence-electron chi connectivity index (χ4n) is 7.55. The fourth-order valence-corrected chi connectivity index (χ4v) is 40.6. The molecule has 0 saturated carbocycles. The first kappa shape index (κ1) is 31.0. The Morgan fingerprint density at radius 3 is 1.48 bits per heavy atom. The van der Waals surface area contributed by atoms with Crippen LogP contribution in [0.1, 0.15) is 81.9 Å². The van der Waals surface area contributed by atoms with Crippen LogP contribution in [0.3, 0.4) is 0 Å². The molecule has 0 aliphatic heterocycles. The van der Waals surface area contributed by atoms with Crippen LogP contribution in [-0.2, 0) is 15.6 Å². The van der Waals surface area contributed by atoms with Gasteiger partial charge in [0.15, 0.2) is 0 Å². The van der Waals surface area contributed by atoms with Crippen molar-refractivity contribution in [3.05, 3.63) is 105 Å². The maximum absolute atomic E-state index is 8.66. The van der Waals surface area contributed by atoms with Crippen LogP contribution in [-0.4, -0.2) is 5.92 Å². The molecule has 0 N–H and O–H groups in total. The van der Waals surface area contributed by atoms with E-state index in [0.29, 0.717) is 0 Å². The molecular formula is C36H41Cl2S2SiZr. The quantitative estimate of drug-likeness (QED) is 0.135. The molecule has 2 heterocycles. The Morgan fingerprint density at radius 1 is 0.667 bits per heavy atom. The van der Waals surface area contributed by atoms with Crippen LogP contribution in [0.25, 0.3) is 33.0 Å². The summed E-state index contributed by atoms with van der Waals surface area (Å²) in [5.74, 6) is -1.57. The van der Waals surface area contributed by atoms with Gasteiger partial charge in [-0.3, -0.25) is 0 Å². The van der Waals surface area contributed by atoms with Gasteiger partial charge in [-0.25, -0.2) is 0 Å². The van der Waals surface area contributed by atoms with E-state index in [-0.39, 0.29) is 7.25 Å². The van der Waals surface area contributed by atoms with Crippen molar-refractivity contribution < 1.29 is 15.6 Å². The maximum atomic E-state index is 8.66. The van der Waals surface area contributed by atoms with Gasteiger partial charge in [-0.05, 0) is 0 Å². The normalized spacial score (nSPS) is 18.9. The van der Waals surface area contributed by atoms with Crippen LogP contribution in [0.15, 0.2) is 82.6 Å². The standard InChI is InChI=1S/2C17H17S.C2H7Si.2ClH.Zr/c2*1-2-3-6-13-11-14-7-4-8-15(16(14)12-13)17-9-5-10-18-17;1-3-2;;;/h2*4-5,7-12H,2-3,6H2,1H3;3H,1-2H3;2*1H;/q;;;;;+2/p-2. The number of halogens is 2. The number of hydrogen-bond acceptors (Lipinski definition) is 2. The second-order valence-electron chi connectivity index (χ2n) is 12.5. The minimum atomic E-state index is -4.75. The van der Waals surface area contributed by atoms with E-state index in [9.17, 15) is 0 Å². The first-order chi connectivity index (χ1) is 20.3. The van der Waals surface area contributed by atoms with Crippen molar-refractivity contribution in [3.8, 4) is 20.9 Å². The molecule has 0 bridgehead atoms. The minimum absolute atomic E-state index is 0.161. The molecule has 6 heteroatoms. The summed E-state index contributed by atoms with van der Waals surface area (Å²) in [6, 6.07) is 22.7. The van der Waals surface area contributed by atoms with Crippen molar-refractivity contribution in [2.45, 2.75) is 72.7 Å². The van der Waals surface area contributed by atoms with Gasteiger partial charge in [0.25, 0.3) is 0 Å². The van der Waals surface area contributed by atoms with Gasteiger partial charge in [0.1, 0.15) is 0 Å². The topological polar surface area (TPSA) is 0 Å². The molecule has 2 aliphatic rings. The van der Waals surface area contributed by atoms with E-state index >= 15 is 0 Å². The van der Waals surface area contributed by atoms with E-state index in [1.54, 1.807) is 0 Å². The summed E-state index contributed by atoms with van der Waals surface area (Å²) < 4.78 is 0.323. The van der Waals surface area contributed by atoms with Crippen molar-refractivity contribution in [2.24, 2.45) is 0 Å². The molecule has 0 amide bonds. The van der Waals surface area contributed by atoms with Gasteiger partial charge in [-0.15, -0.1) is 0 Å². The number of unbranched alkanes of at least 4 members (excludes halogenated alkanes) is 2. The van der Waals surface area contributed by atoms with Crippen molar-refractivity contribution in [3.63, 3.8) is 0 Å². The summed E-state index contributed by atoms with van der Waals surface area (Å²) in [6.07, 6.45) is 11.9. The molecule has 0 fully saturated rings. The van der Waals surface area contributed by atoms with Crippen LogP contribution in [0, 0.1) is 0 Å². The van der Waals surface area contributed by atoms with Gasteiger partial charge in [-0.1, -0.05) is 0 Å². The third kappa shape index (κ3) is 5.11. The summed E-state index contributed by atoms with van der Waals surface area (Å²) in [6.45, 7) is 9.54. The average molecular weight is 728 g/mol. The van der Waals surface area contributed by atoms with E-state index in [2.05, 4.69) is 111 Å². The van der Waals surface area contributed by atoms with Crippen LogP contribution >= 0.6 is 39.7 Å². The van der Waals surface area contributed by atoms with Crippen molar-refractivity contribution >= 4 is 57.8 Å². The molecular weight excluding hydrogens is 687 g/mol. The Balaban J connectivity index is 1.59. The molecule has 219 valence electrons. The Morgan fingerprint density at radius 2 is 1.12 bits per heavy atom. The first-order valence-electron chi connectivity index (χ1n) is 15.6. The number of fused-ring (bicyclic) bond motifs is 2. The molecule has 2 atom stereocenters. The third-order valence-electron chi connectivity index (χ3n) is 9.72. The molecule has 0 saturated heterocycles. The van der Waals surface area contributed by atoms with Gasteiger partial charge >= 0.3 is 272 Å². The predicted octanol–water partition coefficient (Wildman–Crippen LogP) is 13.1. The number of allylic oxidation sites excluding steroid dienone is 2. The molecule has 4 aromatic rings. The second kappa shape index (κ2) is 12.4. The molecule has 2 aliphatic carbocycles. The summed E-state index contributed by atoms with van der Waals surface area (Å²) in [4.78, 5) is 2.66. The zero-order valence-corrected chi connectivity index (χ0v) is 31.9. The monoisotopic (exact) mass is 725 g/mol. The van der Waals surface area contributed by atoms with Gasteiger partial charge < -0.3 is 0 Å². The molecule has 42 heavy (non-hydrogen) atoms. The summed E-state index contributed by atoms with van der Waals surface area (Å²) in [5, 5.41) is 4.37. The third-order valence-corrected chi connectivity index (χ3v) is 63.4. The van der Waals surface area contributed by atoms with E-state index in [1.165, 1.54) is 80.0 Å². The number of thiophene rings is 2. The first-order valence-corrected chi connectivity index (χ1v) is 33.7. The molecule has 2 aromatic heterocycles. The second-order valence-corrected chi connectivity index (χ2v) is 56.9. The van der Waals surface area contributed by atoms with Crippen LogP contribution in [0.2, 0.25) is 13.1 Å². The Hall–Kier alpha value is -1.00. The molecule has 2 aromatic carbocycles. The average Bonchev–Trinajstić information content (AvgIpc) is 3.79. The predicted molar refractivity (Wildman–Crippen MR) is 191 cm³/mol. The van der Waals surface area contributed by atoms with Crippen LogP contribution in [0.5, 0.6) is 0 Å². The zero-order valence-electron chi connectivity index (χ0n) is 25.1. The van der Waals surface area contributed by atoms with Gasteiger partial charge in [-0.2, -0.15) is 0 Å². The Kier molecular flexibility index (Phi) is 9.16. The summed E-state index contributed by atoms with van der Waals surface area (Å²) in [5.41, 5.74) is 11.2. The molecule has 0 radical (unpaired) electrons. The van der Waals surface area contributed by atoms with Gasteiger partial charge in [0, 0.05) is 0 Å². The van der Waals surface area contributed by atoms with Crippen LogP contribution in [0.4, 0.5) is 0 Å². The number of hydrogen-bond donors (Lipinski definition) is 0. The number of benzene rings is 2. The van der Waals surface area contributed by atoms with E-state index in [4.69, 9.17) is 17.0 Å². The molecule has 0 spiro atoms. The molecule has 0 nitrogen and oxygen atoms in total. The molecule has 6 rings (SSSR count). The van der Waals surface area contributed by atoms with Gasteiger partial charge in [0.05, 0.1) is 0 Å². The van der Waals surface area contributed by atoms with Crippen LogP contribution < -0.4 is 0 Å². The SMILES string of the molecule is CCCCC1=Cc2c(-c3cccs3)cccc2[CH]1[Zr]([Cl])([Cl])([CH]1C(CCCC)=Cc2c(-c3cccs3)cccc21)[SiH](C)C. The van der Waals surface area contributed by atoms with Crippen molar-refractivity contribution in [1.82, 2.24) is 0 Å². The fraction of sp³-hybridized carbons (Fsp3) is 0.333. The van der Waals surface area contributed by atoms with E-state index < -0.39 is 21.5 Å². The zero-order chi connectivity index (χ0) is 29.5. The summed E-state index contributed by atoms with van der Waals surface area (Å²) in [7, 11) is 17.3.